The highest BCUT2D eigenvalue weighted by molar-refractivity contribution is 5.73. The molecule has 4 atom stereocenters. The molecular formula is C13H23NO3. The zero-order valence-electron chi connectivity index (χ0n) is 10.5. The molecule has 0 radical (unpaired) electrons. The molecule has 1 aliphatic heterocycles. The molecule has 0 bridgehead atoms. The Labute approximate surface area is 103 Å². The molecule has 0 aromatic rings. The van der Waals surface area contributed by atoms with Gasteiger partial charge in [0.1, 0.15) is 6.04 Å². The normalized spacial score (nSPS) is 36.2. The van der Waals surface area contributed by atoms with Crippen LogP contribution >= 0.6 is 0 Å². The lowest BCUT2D eigenvalue weighted by atomic mass is 9.76. The van der Waals surface area contributed by atoms with Crippen molar-refractivity contribution in [2.45, 2.75) is 63.6 Å². The number of nitrogens with zero attached hydrogens (tertiary/aromatic N) is 1. The minimum Gasteiger partial charge on any atom is -0.480 e. The molecular weight excluding hydrogens is 218 g/mol. The summed E-state index contributed by atoms with van der Waals surface area (Å²) in [7, 11) is 0. The molecule has 2 fully saturated rings. The molecule has 0 spiro atoms. The molecule has 1 heterocycles. The summed E-state index contributed by atoms with van der Waals surface area (Å²) in [4.78, 5) is 13.4. The van der Waals surface area contributed by atoms with Crippen LogP contribution in [0.1, 0.15) is 45.4 Å². The van der Waals surface area contributed by atoms with E-state index in [2.05, 4.69) is 4.90 Å². The molecule has 0 amide bonds. The standard InChI is InChI=1S/C13H23NO3/c1-9(15)8-14-11-5-3-2-4-10(11)6-7-12(14)13(16)17/h9-12,15H,2-8H2,1H3,(H,16,17). The first kappa shape index (κ1) is 12.8. The van der Waals surface area contributed by atoms with E-state index in [-0.39, 0.29) is 6.04 Å². The number of aliphatic hydroxyl groups excluding tert-OH is 1. The molecule has 1 saturated heterocycles. The molecule has 1 saturated carbocycles. The van der Waals surface area contributed by atoms with Crippen molar-refractivity contribution in [3.05, 3.63) is 0 Å². The zero-order valence-corrected chi connectivity index (χ0v) is 10.5. The van der Waals surface area contributed by atoms with E-state index < -0.39 is 12.1 Å². The van der Waals surface area contributed by atoms with Crippen LogP contribution in [0.25, 0.3) is 0 Å². The topological polar surface area (TPSA) is 60.8 Å². The van der Waals surface area contributed by atoms with Gasteiger partial charge in [0.05, 0.1) is 6.10 Å². The van der Waals surface area contributed by atoms with Crippen LogP contribution in [0.5, 0.6) is 0 Å². The van der Waals surface area contributed by atoms with E-state index >= 15 is 0 Å². The number of likely N-dealkylation sites (tertiary alicyclic amines) is 1. The number of fused-ring (bicyclic) bond motifs is 1. The molecule has 98 valence electrons. The highest BCUT2D eigenvalue weighted by Gasteiger charge is 2.41. The molecule has 2 N–H and O–H groups in total. The van der Waals surface area contributed by atoms with Crippen LogP contribution < -0.4 is 0 Å². The third-order valence-corrected chi connectivity index (χ3v) is 4.27. The van der Waals surface area contributed by atoms with Crippen LogP contribution in [-0.2, 0) is 4.79 Å². The van der Waals surface area contributed by atoms with E-state index in [4.69, 9.17) is 0 Å². The van der Waals surface area contributed by atoms with Crippen LogP contribution in [0.4, 0.5) is 0 Å². The fraction of sp³-hybridized carbons (Fsp3) is 0.923. The fourth-order valence-corrected chi connectivity index (χ4v) is 3.56. The predicted octanol–water partition coefficient (Wildman–Crippen LogP) is 1.47. The number of aliphatic carboxylic acids is 1. The van der Waals surface area contributed by atoms with E-state index in [0.29, 0.717) is 18.5 Å². The van der Waals surface area contributed by atoms with Crippen molar-refractivity contribution in [3.63, 3.8) is 0 Å². The van der Waals surface area contributed by atoms with E-state index in [9.17, 15) is 15.0 Å². The Morgan fingerprint density at radius 1 is 1.29 bits per heavy atom. The monoisotopic (exact) mass is 241 g/mol. The number of carboxylic acid groups (broad SMARTS) is 1. The van der Waals surface area contributed by atoms with Gasteiger partial charge in [-0.15, -0.1) is 0 Å². The first-order valence-electron chi connectivity index (χ1n) is 6.76. The van der Waals surface area contributed by atoms with Gasteiger partial charge in [0.25, 0.3) is 0 Å². The second-order valence-corrected chi connectivity index (χ2v) is 5.59. The molecule has 2 aliphatic rings. The molecule has 4 nitrogen and oxygen atoms in total. The quantitative estimate of drug-likeness (QED) is 0.785. The lowest BCUT2D eigenvalue weighted by Crippen LogP contribution is -2.56. The van der Waals surface area contributed by atoms with Crippen molar-refractivity contribution in [1.29, 1.82) is 0 Å². The highest BCUT2D eigenvalue weighted by Crippen LogP contribution is 2.37. The maximum Gasteiger partial charge on any atom is 0.320 e. The van der Waals surface area contributed by atoms with Gasteiger partial charge in [-0.3, -0.25) is 9.69 Å². The summed E-state index contributed by atoms with van der Waals surface area (Å²) in [5.74, 6) is -0.0761. The van der Waals surface area contributed by atoms with Crippen LogP contribution in [0.15, 0.2) is 0 Å². The van der Waals surface area contributed by atoms with Gasteiger partial charge in [0.15, 0.2) is 0 Å². The first-order valence-corrected chi connectivity index (χ1v) is 6.76. The molecule has 0 aromatic heterocycles. The Balaban J connectivity index is 2.12. The molecule has 4 heteroatoms. The van der Waals surface area contributed by atoms with Crippen molar-refractivity contribution in [2.75, 3.05) is 6.54 Å². The predicted molar refractivity (Wildman–Crippen MR) is 64.8 cm³/mol. The van der Waals surface area contributed by atoms with Crippen LogP contribution in [0, 0.1) is 5.92 Å². The minimum absolute atomic E-state index is 0.383. The third-order valence-electron chi connectivity index (χ3n) is 4.27. The highest BCUT2D eigenvalue weighted by atomic mass is 16.4. The van der Waals surface area contributed by atoms with Crippen molar-refractivity contribution in [3.8, 4) is 0 Å². The number of piperidine rings is 1. The number of β-amino-alcohol motifs (C(OH)–C–C–N with tert-alkyl or cyclic N) is 1. The Hall–Kier alpha value is -0.610. The maximum absolute atomic E-state index is 11.3. The van der Waals surface area contributed by atoms with E-state index in [0.717, 1.165) is 19.3 Å². The zero-order chi connectivity index (χ0) is 12.4. The summed E-state index contributed by atoms with van der Waals surface area (Å²) in [6, 6.07) is -0.00264. The SMILES string of the molecule is CC(O)CN1C(C(=O)O)CCC2CCCCC21. The summed E-state index contributed by atoms with van der Waals surface area (Å²) in [6.07, 6.45) is 6.14. The number of hydrogen-bond acceptors (Lipinski definition) is 3. The Kier molecular flexibility index (Phi) is 4.05. The van der Waals surface area contributed by atoms with Gasteiger partial charge in [0, 0.05) is 12.6 Å². The number of carboxylic acids is 1. The van der Waals surface area contributed by atoms with Crippen molar-refractivity contribution in [2.24, 2.45) is 5.92 Å². The maximum atomic E-state index is 11.3. The summed E-state index contributed by atoms with van der Waals surface area (Å²) in [6.45, 7) is 2.24. The second kappa shape index (κ2) is 5.36. The van der Waals surface area contributed by atoms with Gasteiger partial charge >= 0.3 is 5.97 Å². The van der Waals surface area contributed by atoms with Crippen molar-refractivity contribution in [1.82, 2.24) is 4.90 Å². The molecule has 17 heavy (non-hydrogen) atoms. The Morgan fingerprint density at radius 3 is 2.65 bits per heavy atom. The first-order chi connectivity index (χ1) is 8.09. The smallest absolute Gasteiger partial charge is 0.320 e. The molecule has 0 aromatic carbocycles. The summed E-state index contributed by atoms with van der Waals surface area (Å²) in [5.41, 5.74) is 0. The van der Waals surface area contributed by atoms with Crippen molar-refractivity contribution >= 4 is 5.97 Å². The van der Waals surface area contributed by atoms with Gasteiger partial charge in [-0.1, -0.05) is 12.8 Å². The molecule has 4 unspecified atom stereocenters. The van der Waals surface area contributed by atoms with Crippen LogP contribution in [-0.4, -0.2) is 45.8 Å². The van der Waals surface area contributed by atoms with E-state index in [1.807, 2.05) is 0 Å². The average Bonchev–Trinajstić information content (AvgIpc) is 2.28. The van der Waals surface area contributed by atoms with Gasteiger partial charge in [-0.05, 0) is 38.5 Å². The van der Waals surface area contributed by atoms with Crippen LogP contribution in [0.3, 0.4) is 0 Å². The van der Waals surface area contributed by atoms with Gasteiger partial charge in [0.2, 0.25) is 0 Å². The lowest BCUT2D eigenvalue weighted by molar-refractivity contribution is -0.149. The lowest BCUT2D eigenvalue weighted by Gasteiger charge is -2.47. The molecule has 1 aliphatic carbocycles. The van der Waals surface area contributed by atoms with E-state index in [1.54, 1.807) is 6.92 Å². The summed E-state index contributed by atoms with van der Waals surface area (Å²) >= 11 is 0. The van der Waals surface area contributed by atoms with Crippen molar-refractivity contribution < 1.29 is 15.0 Å². The largest absolute Gasteiger partial charge is 0.480 e. The Morgan fingerprint density at radius 2 is 2.00 bits per heavy atom. The number of hydrogen-bond donors (Lipinski definition) is 2. The average molecular weight is 241 g/mol. The number of aliphatic hydroxyl groups is 1. The molecule has 2 rings (SSSR count). The second-order valence-electron chi connectivity index (χ2n) is 5.59. The van der Waals surface area contributed by atoms with Crippen LogP contribution in [0.2, 0.25) is 0 Å². The Bertz CT molecular complexity index is 280. The minimum atomic E-state index is -0.727. The van der Waals surface area contributed by atoms with Gasteiger partial charge in [-0.25, -0.2) is 0 Å². The number of rotatable bonds is 3. The van der Waals surface area contributed by atoms with E-state index in [1.165, 1.54) is 19.3 Å². The summed E-state index contributed by atoms with van der Waals surface area (Å²) < 4.78 is 0. The van der Waals surface area contributed by atoms with Gasteiger partial charge < -0.3 is 10.2 Å². The summed E-state index contributed by atoms with van der Waals surface area (Å²) in [5, 5.41) is 18.8. The number of carbonyl (C=O) groups is 1. The fourth-order valence-electron chi connectivity index (χ4n) is 3.56. The third kappa shape index (κ3) is 2.80. The van der Waals surface area contributed by atoms with Gasteiger partial charge in [-0.2, -0.15) is 0 Å².